The third-order valence-electron chi connectivity index (χ3n) is 6.98. The number of aliphatic hydroxyl groups is 1. The molecule has 1 saturated carbocycles. The first-order valence-electron chi connectivity index (χ1n) is 9.38. The fourth-order valence-corrected chi connectivity index (χ4v) is 5.96. The SMILES string of the molecule is CC[C@H]1C[C@H]2C[C@H]3C4=Nc5ccc(OC)cc5[C@@]4(O)CCN(C2)C13. The molecular weight excluding hydrogens is 300 g/mol. The summed E-state index contributed by atoms with van der Waals surface area (Å²) in [5.41, 5.74) is 2.04. The van der Waals surface area contributed by atoms with Crippen molar-refractivity contribution in [3.05, 3.63) is 23.8 Å². The summed E-state index contributed by atoms with van der Waals surface area (Å²) in [7, 11) is 1.68. The summed E-state index contributed by atoms with van der Waals surface area (Å²) in [6, 6.07) is 6.52. The normalized spacial score (nSPS) is 42.1. The van der Waals surface area contributed by atoms with Crippen LogP contribution in [0, 0.1) is 17.8 Å². The predicted octanol–water partition coefficient (Wildman–Crippen LogP) is 3.11. The quantitative estimate of drug-likeness (QED) is 0.908. The van der Waals surface area contributed by atoms with E-state index in [0.717, 1.165) is 47.5 Å². The van der Waals surface area contributed by atoms with Crippen LogP contribution in [0.3, 0.4) is 0 Å². The molecule has 3 saturated heterocycles. The van der Waals surface area contributed by atoms with Crippen LogP contribution in [0.5, 0.6) is 5.75 Å². The van der Waals surface area contributed by atoms with Gasteiger partial charge in [-0.05, 0) is 49.3 Å². The smallest absolute Gasteiger partial charge is 0.131 e. The Kier molecular flexibility index (Phi) is 3.14. The number of nitrogens with zero attached hydrogens (tertiary/aromatic N) is 2. The van der Waals surface area contributed by atoms with Gasteiger partial charge in [0.05, 0.1) is 18.5 Å². The first-order valence-corrected chi connectivity index (χ1v) is 9.38. The number of hydrogen-bond acceptors (Lipinski definition) is 4. The second-order valence-electron chi connectivity index (χ2n) is 8.09. The average Bonchev–Trinajstić information content (AvgIpc) is 2.88. The minimum Gasteiger partial charge on any atom is -0.497 e. The van der Waals surface area contributed by atoms with Crippen LogP contribution in [0.15, 0.2) is 23.2 Å². The summed E-state index contributed by atoms with van der Waals surface area (Å²) in [4.78, 5) is 7.64. The monoisotopic (exact) mass is 326 g/mol. The number of benzene rings is 1. The standard InChI is InChI=1S/C20H26N2O2/c1-3-13-8-12-9-15-18(13)22(11-12)7-6-20(23)16-10-14(24-2)4-5-17(16)21-19(15)20/h4-5,10,12-13,15,18,23H,3,6-9,11H2,1-2H3/t12-,13-,15+,18?,20-/m0/s1. The van der Waals surface area contributed by atoms with E-state index in [9.17, 15) is 5.11 Å². The summed E-state index contributed by atoms with van der Waals surface area (Å²) in [6.07, 6.45) is 4.55. The molecule has 5 aliphatic rings. The largest absolute Gasteiger partial charge is 0.497 e. The number of piperidine rings is 2. The minimum absolute atomic E-state index is 0.411. The molecule has 0 radical (unpaired) electrons. The molecule has 1 aromatic carbocycles. The Labute approximate surface area is 143 Å². The fraction of sp³-hybridized carbons (Fsp3) is 0.650. The third kappa shape index (κ3) is 1.84. The Balaban J connectivity index is 1.62. The molecule has 1 N–H and O–H groups in total. The molecule has 1 aliphatic carbocycles. The second-order valence-corrected chi connectivity index (χ2v) is 8.09. The van der Waals surface area contributed by atoms with E-state index in [1.807, 2.05) is 18.2 Å². The van der Waals surface area contributed by atoms with Crippen LogP contribution < -0.4 is 4.74 Å². The Bertz CT molecular complexity index is 716. The van der Waals surface area contributed by atoms with Gasteiger partial charge in [0, 0.05) is 30.6 Å². The number of aliphatic imine (C=N–C) groups is 1. The van der Waals surface area contributed by atoms with Crippen molar-refractivity contribution < 1.29 is 9.84 Å². The van der Waals surface area contributed by atoms with Gasteiger partial charge in [0.15, 0.2) is 0 Å². The zero-order valence-corrected chi connectivity index (χ0v) is 14.5. The van der Waals surface area contributed by atoms with Crippen LogP contribution in [0.2, 0.25) is 0 Å². The first-order chi connectivity index (χ1) is 11.6. The van der Waals surface area contributed by atoms with E-state index in [-0.39, 0.29) is 0 Å². The van der Waals surface area contributed by atoms with Gasteiger partial charge in [-0.15, -0.1) is 0 Å². The second kappa shape index (κ2) is 5.06. The van der Waals surface area contributed by atoms with E-state index in [0.29, 0.717) is 12.0 Å². The lowest BCUT2D eigenvalue weighted by atomic mass is 9.63. The van der Waals surface area contributed by atoms with Crippen molar-refractivity contribution in [1.82, 2.24) is 4.90 Å². The van der Waals surface area contributed by atoms with E-state index < -0.39 is 5.60 Å². The van der Waals surface area contributed by atoms with E-state index >= 15 is 0 Å². The minimum atomic E-state index is -0.897. The molecule has 4 nitrogen and oxygen atoms in total. The van der Waals surface area contributed by atoms with Crippen molar-refractivity contribution in [3.8, 4) is 5.75 Å². The first kappa shape index (κ1) is 14.9. The lowest BCUT2D eigenvalue weighted by Crippen LogP contribution is -2.58. The summed E-state index contributed by atoms with van der Waals surface area (Å²) < 4.78 is 5.39. The molecule has 0 amide bonds. The van der Waals surface area contributed by atoms with Crippen LogP contribution >= 0.6 is 0 Å². The number of rotatable bonds is 2. The lowest BCUT2D eigenvalue weighted by molar-refractivity contribution is -0.0182. The van der Waals surface area contributed by atoms with Crippen molar-refractivity contribution in [2.75, 3.05) is 20.2 Å². The molecule has 24 heavy (non-hydrogen) atoms. The maximum absolute atomic E-state index is 11.7. The number of fused-ring (bicyclic) bond motifs is 4. The fourth-order valence-electron chi connectivity index (χ4n) is 5.96. The van der Waals surface area contributed by atoms with E-state index in [1.165, 1.54) is 25.8 Å². The number of hydrogen-bond donors (Lipinski definition) is 1. The molecule has 0 aromatic heterocycles. The molecule has 4 heteroatoms. The third-order valence-corrected chi connectivity index (χ3v) is 6.98. The summed E-state index contributed by atoms with van der Waals surface area (Å²) in [6.45, 7) is 4.51. The van der Waals surface area contributed by atoms with E-state index in [1.54, 1.807) is 7.11 Å². The Morgan fingerprint density at radius 1 is 1.38 bits per heavy atom. The molecular formula is C20H26N2O2. The van der Waals surface area contributed by atoms with Crippen molar-refractivity contribution >= 4 is 11.4 Å². The van der Waals surface area contributed by atoms with Crippen molar-refractivity contribution in [3.63, 3.8) is 0 Å². The molecule has 6 atom stereocenters. The molecule has 4 aliphatic heterocycles. The molecule has 6 rings (SSSR count). The molecule has 1 aromatic rings. The van der Waals surface area contributed by atoms with E-state index in [2.05, 4.69) is 11.8 Å². The summed E-state index contributed by atoms with van der Waals surface area (Å²) >= 11 is 0. The molecule has 0 spiro atoms. The van der Waals surface area contributed by atoms with Gasteiger partial charge in [0.2, 0.25) is 0 Å². The van der Waals surface area contributed by atoms with Gasteiger partial charge in [-0.1, -0.05) is 13.3 Å². The molecule has 128 valence electrons. The van der Waals surface area contributed by atoms with Gasteiger partial charge in [-0.2, -0.15) is 0 Å². The van der Waals surface area contributed by atoms with Gasteiger partial charge >= 0.3 is 0 Å². The van der Waals surface area contributed by atoms with Crippen molar-refractivity contribution in [1.29, 1.82) is 0 Å². The van der Waals surface area contributed by atoms with E-state index in [4.69, 9.17) is 9.73 Å². The molecule has 2 unspecified atom stereocenters. The predicted molar refractivity (Wildman–Crippen MR) is 94.0 cm³/mol. The van der Waals surface area contributed by atoms with Crippen LogP contribution in [-0.2, 0) is 5.60 Å². The maximum Gasteiger partial charge on any atom is 0.131 e. The summed E-state index contributed by atoms with van der Waals surface area (Å²) in [5, 5.41) is 11.7. The highest BCUT2D eigenvalue weighted by molar-refractivity contribution is 6.02. The topological polar surface area (TPSA) is 45.1 Å². The van der Waals surface area contributed by atoms with Gasteiger partial charge < -0.3 is 9.84 Å². The van der Waals surface area contributed by atoms with Crippen LogP contribution in [0.4, 0.5) is 5.69 Å². The lowest BCUT2D eigenvalue weighted by Gasteiger charge is -2.53. The zero-order chi connectivity index (χ0) is 16.5. The van der Waals surface area contributed by atoms with Gasteiger partial charge in [0.25, 0.3) is 0 Å². The zero-order valence-electron chi connectivity index (χ0n) is 14.5. The van der Waals surface area contributed by atoms with Crippen molar-refractivity contribution in [2.45, 2.75) is 44.2 Å². The Morgan fingerprint density at radius 2 is 2.25 bits per heavy atom. The van der Waals surface area contributed by atoms with Gasteiger partial charge in [-0.25, -0.2) is 0 Å². The van der Waals surface area contributed by atoms with Crippen LogP contribution in [0.25, 0.3) is 0 Å². The Hall–Kier alpha value is -1.39. The maximum atomic E-state index is 11.7. The van der Waals surface area contributed by atoms with Crippen LogP contribution in [0.1, 0.15) is 38.2 Å². The molecule has 4 fully saturated rings. The van der Waals surface area contributed by atoms with Crippen LogP contribution in [-0.4, -0.2) is 42.0 Å². The van der Waals surface area contributed by atoms with Crippen molar-refractivity contribution in [2.24, 2.45) is 22.7 Å². The highest BCUT2D eigenvalue weighted by atomic mass is 16.5. The number of methoxy groups -OCH3 is 1. The highest BCUT2D eigenvalue weighted by Gasteiger charge is 2.56. The van der Waals surface area contributed by atoms with Gasteiger partial charge in [-0.3, -0.25) is 9.89 Å². The summed E-state index contributed by atoms with van der Waals surface area (Å²) in [5.74, 6) is 2.74. The highest BCUT2D eigenvalue weighted by Crippen LogP contribution is 2.53. The Morgan fingerprint density at radius 3 is 3.04 bits per heavy atom. The number of ether oxygens (including phenoxy) is 1. The molecule has 4 bridgehead atoms. The van der Waals surface area contributed by atoms with Gasteiger partial charge in [0.1, 0.15) is 11.4 Å². The molecule has 4 heterocycles. The average molecular weight is 326 g/mol.